The fourth-order valence-corrected chi connectivity index (χ4v) is 5.30. The zero-order valence-corrected chi connectivity index (χ0v) is 24.4. The van der Waals surface area contributed by atoms with Crippen LogP contribution in [-0.4, -0.2) is 76.1 Å². The van der Waals surface area contributed by atoms with E-state index in [0.29, 0.717) is 28.4 Å². The van der Waals surface area contributed by atoms with Crippen molar-refractivity contribution in [3.8, 4) is 28.4 Å². The van der Waals surface area contributed by atoms with Crippen molar-refractivity contribution in [2.45, 2.75) is 32.2 Å². The second-order valence-electron chi connectivity index (χ2n) is 10.7. The second-order valence-corrected chi connectivity index (χ2v) is 10.7. The normalized spacial score (nSPS) is 18.4. The highest BCUT2D eigenvalue weighted by molar-refractivity contribution is 5.95. The molecule has 2 N–H and O–H groups in total. The summed E-state index contributed by atoms with van der Waals surface area (Å²) in [6.07, 6.45) is 6.02. The Morgan fingerprint density at radius 2 is 1.91 bits per heavy atom. The highest BCUT2D eigenvalue weighted by Crippen LogP contribution is 2.28. The van der Waals surface area contributed by atoms with Crippen molar-refractivity contribution in [3.05, 3.63) is 90.3 Å². The summed E-state index contributed by atoms with van der Waals surface area (Å²) in [4.78, 5) is 49.6. The van der Waals surface area contributed by atoms with E-state index in [1.165, 1.54) is 13.3 Å². The largest absolute Gasteiger partial charge is 0.496 e. The summed E-state index contributed by atoms with van der Waals surface area (Å²) in [7, 11) is 1.54. The van der Waals surface area contributed by atoms with Gasteiger partial charge in [-0.1, -0.05) is 12.1 Å². The highest BCUT2D eigenvalue weighted by atomic mass is 16.5. The average Bonchev–Trinajstić information content (AvgIpc) is 3.63. The van der Waals surface area contributed by atoms with Crippen LogP contribution in [0.2, 0.25) is 0 Å². The topological polar surface area (TPSA) is 137 Å². The molecule has 0 spiro atoms. The Morgan fingerprint density at radius 3 is 2.73 bits per heavy atom. The summed E-state index contributed by atoms with van der Waals surface area (Å²) in [6, 6.07) is 13.8. The van der Waals surface area contributed by atoms with Crippen LogP contribution in [0.15, 0.2) is 73.3 Å². The maximum Gasteiger partial charge on any atom is 0.258 e. The second kappa shape index (κ2) is 12.5. The van der Waals surface area contributed by atoms with Gasteiger partial charge in [-0.05, 0) is 42.8 Å². The van der Waals surface area contributed by atoms with Crippen molar-refractivity contribution in [1.82, 2.24) is 30.1 Å². The van der Waals surface area contributed by atoms with Gasteiger partial charge in [0.05, 0.1) is 25.3 Å². The molecule has 2 aromatic heterocycles. The average molecular weight is 597 g/mol. The highest BCUT2D eigenvalue weighted by Gasteiger charge is 2.38. The van der Waals surface area contributed by atoms with Crippen LogP contribution in [0.25, 0.3) is 11.1 Å². The van der Waals surface area contributed by atoms with Crippen LogP contribution in [-0.2, 0) is 22.7 Å². The van der Waals surface area contributed by atoms with Gasteiger partial charge in [-0.25, -0.2) is 4.98 Å². The summed E-state index contributed by atoms with van der Waals surface area (Å²) >= 11 is 0. The number of rotatable bonds is 3. The predicted octanol–water partition coefficient (Wildman–Crippen LogP) is 2.36. The van der Waals surface area contributed by atoms with Crippen molar-refractivity contribution >= 4 is 17.7 Å². The van der Waals surface area contributed by atoms with E-state index in [1.54, 1.807) is 58.4 Å². The van der Waals surface area contributed by atoms with Gasteiger partial charge in [-0.2, -0.15) is 0 Å². The standard InChI is InChI=1S/C32H32N6O6/c1-20-34-8-9-37(20)18-31(40)38-16-27-29(17-38)44-26-7-6-22(28(12-26)42-2)15-35-30(39)19-43-25-5-3-4-21(11-25)23-10-24(14-33-13-23)32(41)36-27/h3-14,27,29H,15-19H2,1-2H3,(H,35,39)(H,36,41)/t27-,29-/m0/s1. The lowest BCUT2D eigenvalue weighted by molar-refractivity contribution is -0.131. The van der Waals surface area contributed by atoms with Crippen LogP contribution in [0.5, 0.6) is 17.2 Å². The van der Waals surface area contributed by atoms with Crippen molar-refractivity contribution in [3.63, 3.8) is 0 Å². The first kappa shape index (κ1) is 28.7. The molecule has 2 atom stereocenters. The van der Waals surface area contributed by atoms with Crippen LogP contribution in [0.1, 0.15) is 21.7 Å². The molecule has 6 bridgehead atoms. The van der Waals surface area contributed by atoms with E-state index in [2.05, 4.69) is 20.6 Å². The number of methoxy groups -OCH3 is 1. The molecule has 4 aromatic rings. The van der Waals surface area contributed by atoms with Gasteiger partial charge < -0.3 is 34.3 Å². The Labute approximate surface area is 254 Å². The molecule has 12 heteroatoms. The van der Waals surface area contributed by atoms with Gasteiger partial charge in [0.1, 0.15) is 35.7 Å². The summed E-state index contributed by atoms with van der Waals surface area (Å²) in [6.45, 7) is 2.54. The fourth-order valence-electron chi connectivity index (χ4n) is 5.30. The SMILES string of the molecule is COc1cc2ccc1CNC(=O)COc1cccc(c1)-c1cncc(c1)C(=O)N[C@H]1CN(C(=O)Cn3ccnc3C)C[C@@H]1O2. The molecular formula is C32H32N6O6. The Morgan fingerprint density at radius 1 is 1.05 bits per heavy atom. The Bertz CT molecular complexity index is 1700. The number of aryl methyl sites for hydroxylation is 1. The lowest BCUT2D eigenvalue weighted by Crippen LogP contribution is -2.45. The molecule has 0 radical (unpaired) electrons. The summed E-state index contributed by atoms with van der Waals surface area (Å²) < 4.78 is 19.5. The Kier molecular flexibility index (Phi) is 8.13. The molecule has 1 fully saturated rings. The molecule has 12 nitrogen and oxygen atoms in total. The van der Waals surface area contributed by atoms with Crippen LogP contribution >= 0.6 is 0 Å². The summed E-state index contributed by atoms with van der Waals surface area (Å²) in [5, 5.41) is 5.93. The third-order valence-electron chi connectivity index (χ3n) is 7.72. The van der Waals surface area contributed by atoms with Crippen molar-refractivity contribution in [2.24, 2.45) is 0 Å². The lowest BCUT2D eigenvalue weighted by Gasteiger charge is -2.22. The van der Waals surface area contributed by atoms with E-state index in [4.69, 9.17) is 14.2 Å². The van der Waals surface area contributed by atoms with Gasteiger partial charge in [-0.3, -0.25) is 19.4 Å². The van der Waals surface area contributed by atoms with E-state index in [1.807, 2.05) is 25.1 Å². The molecule has 3 aliphatic rings. The number of benzene rings is 2. The number of nitrogens with zero attached hydrogens (tertiary/aromatic N) is 4. The lowest BCUT2D eigenvalue weighted by atomic mass is 10.1. The Balaban J connectivity index is 1.32. The first-order valence-corrected chi connectivity index (χ1v) is 14.2. The third kappa shape index (κ3) is 6.33. The minimum absolute atomic E-state index is 0.114. The zero-order valence-electron chi connectivity index (χ0n) is 24.4. The van der Waals surface area contributed by atoms with Crippen LogP contribution < -0.4 is 24.8 Å². The number of ether oxygens (including phenoxy) is 3. The number of amides is 3. The molecule has 3 aliphatic heterocycles. The quantitative estimate of drug-likeness (QED) is 0.368. The van der Waals surface area contributed by atoms with E-state index in [0.717, 1.165) is 17.0 Å². The molecule has 1 saturated heterocycles. The number of fused-ring (bicyclic) bond motifs is 7. The van der Waals surface area contributed by atoms with Crippen molar-refractivity contribution in [2.75, 3.05) is 26.8 Å². The summed E-state index contributed by atoms with van der Waals surface area (Å²) in [5.41, 5.74) is 2.59. The minimum atomic E-state index is -0.544. The maximum atomic E-state index is 13.5. The van der Waals surface area contributed by atoms with Gasteiger partial charge in [0.25, 0.3) is 11.8 Å². The van der Waals surface area contributed by atoms with E-state index < -0.39 is 12.1 Å². The number of likely N-dealkylation sites (tertiary alicyclic amines) is 1. The number of nitrogens with one attached hydrogen (secondary N) is 2. The zero-order chi connectivity index (χ0) is 30.6. The molecule has 7 rings (SSSR count). The van der Waals surface area contributed by atoms with E-state index >= 15 is 0 Å². The van der Waals surface area contributed by atoms with E-state index in [-0.39, 0.29) is 50.5 Å². The van der Waals surface area contributed by atoms with Crippen LogP contribution in [0.4, 0.5) is 0 Å². The van der Waals surface area contributed by atoms with Crippen molar-refractivity contribution in [1.29, 1.82) is 0 Å². The number of carbonyl (C=O) groups excluding carboxylic acids is 3. The predicted molar refractivity (Wildman–Crippen MR) is 159 cm³/mol. The minimum Gasteiger partial charge on any atom is -0.496 e. The molecule has 0 unspecified atom stereocenters. The van der Waals surface area contributed by atoms with Crippen molar-refractivity contribution < 1.29 is 28.6 Å². The third-order valence-corrected chi connectivity index (χ3v) is 7.72. The van der Waals surface area contributed by atoms with Gasteiger partial charge in [-0.15, -0.1) is 0 Å². The molecule has 0 aliphatic carbocycles. The van der Waals surface area contributed by atoms with E-state index in [9.17, 15) is 14.4 Å². The van der Waals surface area contributed by atoms with Gasteiger partial charge in [0.2, 0.25) is 5.91 Å². The van der Waals surface area contributed by atoms with Gasteiger partial charge >= 0.3 is 0 Å². The number of hydrogen-bond acceptors (Lipinski definition) is 8. The molecule has 2 aromatic carbocycles. The molecule has 0 saturated carbocycles. The monoisotopic (exact) mass is 596 g/mol. The molecule has 44 heavy (non-hydrogen) atoms. The molecular weight excluding hydrogens is 564 g/mol. The molecule has 226 valence electrons. The number of pyridine rings is 1. The fraction of sp³-hybridized carbons (Fsp3) is 0.281. The first-order valence-electron chi connectivity index (χ1n) is 14.2. The number of carbonyl (C=O) groups is 3. The first-order chi connectivity index (χ1) is 21.4. The number of imidazole rings is 1. The molecule has 3 amide bonds. The summed E-state index contributed by atoms with van der Waals surface area (Å²) in [5.74, 6) is 1.51. The van der Waals surface area contributed by atoms with Crippen LogP contribution in [0, 0.1) is 6.92 Å². The van der Waals surface area contributed by atoms with Gasteiger partial charge in [0, 0.05) is 55.1 Å². The smallest absolute Gasteiger partial charge is 0.258 e. The van der Waals surface area contributed by atoms with Crippen LogP contribution in [0.3, 0.4) is 0 Å². The Hall–Kier alpha value is -5.39. The van der Waals surface area contributed by atoms with Gasteiger partial charge in [0.15, 0.2) is 6.61 Å². The maximum absolute atomic E-state index is 13.5. The number of aromatic nitrogens is 3. The molecule has 5 heterocycles. The number of hydrogen-bond donors (Lipinski definition) is 2.